The Morgan fingerprint density at radius 1 is 1.06 bits per heavy atom. The number of hydrogen-bond acceptors (Lipinski definition) is 4. The molecule has 0 amide bonds. The molecule has 0 radical (unpaired) electrons. The highest BCUT2D eigenvalue weighted by Crippen LogP contribution is 2.31. The molecule has 0 aliphatic carbocycles. The van der Waals surface area contributed by atoms with E-state index in [4.69, 9.17) is 13.6 Å². The largest absolute Gasteiger partial charge is 0.466 e. The fourth-order valence-corrected chi connectivity index (χ4v) is 4.95. The van der Waals surface area contributed by atoms with E-state index >= 15 is 0 Å². The van der Waals surface area contributed by atoms with Crippen molar-refractivity contribution >= 4 is 14.5 Å². The normalized spacial score (nSPS) is 13.5. The maximum absolute atomic E-state index is 11.6. The first-order chi connectivity index (χ1) is 8.03. The second-order valence-electron chi connectivity index (χ2n) is 4.00. The first-order valence-electron chi connectivity index (χ1n) is 6.47. The molecule has 0 N–H and O–H groups in total. The lowest BCUT2D eigenvalue weighted by Crippen LogP contribution is -2.44. The van der Waals surface area contributed by atoms with E-state index in [0.717, 1.165) is 6.42 Å². The molecule has 0 aromatic carbocycles. The fraction of sp³-hybridized carbons (Fsp3) is 0.917. The summed E-state index contributed by atoms with van der Waals surface area (Å²) < 4.78 is 16.6. The maximum atomic E-state index is 11.6. The van der Waals surface area contributed by atoms with Crippen LogP contribution in [0.25, 0.3) is 0 Å². The van der Waals surface area contributed by atoms with Gasteiger partial charge in [0.15, 0.2) is 0 Å². The smallest absolute Gasteiger partial charge is 0.338 e. The van der Waals surface area contributed by atoms with Gasteiger partial charge in [0.2, 0.25) is 0 Å². The molecule has 0 saturated heterocycles. The van der Waals surface area contributed by atoms with Gasteiger partial charge in [-0.05, 0) is 27.3 Å². The van der Waals surface area contributed by atoms with Crippen LogP contribution in [-0.2, 0) is 18.4 Å². The Balaban J connectivity index is 4.60. The zero-order valence-electron chi connectivity index (χ0n) is 11.7. The lowest BCUT2D eigenvalue weighted by molar-refractivity contribution is -0.143. The Kier molecular flexibility index (Phi) is 8.46. The molecule has 5 heteroatoms. The highest BCUT2D eigenvalue weighted by molar-refractivity contribution is 6.67. The van der Waals surface area contributed by atoms with Crippen LogP contribution in [0.3, 0.4) is 0 Å². The van der Waals surface area contributed by atoms with Crippen molar-refractivity contribution in [2.24, 2.45) is 0 Å². The van der Waals surface area contributed by atoms with Gasteiger partial charge in [-0.2, -0.15) is 0 Å². The van der Waals surface area contributed by atoms with Crippen molar-refractivity contribution in [1.82, 2.24) is 0 Å². The Morgan fingerprint density at radius 2 is 1.59 bits per heavy atom. The molecule has 0 fully saturated rings. The number of carbonyl (C=O) groups excluding carboxylic acids is 1. The molecule has 0 heterocycles. The van der Waals surface area contributed by atoms with Crippen LogP contribution in [0.4, 0.5) is 0 Å². The zero-order chi connectivity index (χ0) is 13.3. The van der Waals surface area contributed by atoms with Gasteiger partial charge < -0.3 is 13.6 Å². The molecule has 4 nitrogen and oxygen atoms in total. The topological polar surface area (TPSA) is 44.8 Å². The maximum Gasteiger partial charge on any atom is 0.338 e. The van der Waals surface area contributed by atoms with Crippen LogP contribution in [0.2, 0.25) is 12.1 Å². The van der Waals surface area contributed by atoms with E-state index in [9.17, 15) is 4.79 Å². The van der Waals surface area contributed by atoms with Crippen LogP contribution in [-0.4, -0.2) is 34.4 Å². The summed E-state index contributed by atoms with van der Waals surface area (Å²) in [6.45, 7) is 11.5. The Hall–Kier alpha value is -0.393. The molecule has 0 aliphatic heterocycles. The second-order valence-corrected chi connectivity index (χ2v) is 7.42. The minimum Gasteiger partial charge on any atom is -0.466 e. The van der Waals surface area contributed by atoms with Gasteiger partial charge in [0.25, 0.3) is 0 Å². The second kappa shape index (κ2) is 8.66. The van der Waals surface area contributed by atoms with Crippen LogP contribution < -0.4 is 0 Å². The van der Waals surface area contributed by atoms with Crippen LogP contribution in [0.5, 0.6) is 0 Å². The average molecular weight is 262 g/mol. The Labute approximate surface area is 106 Å². The minimum absolute atomic E-state index is 0.154. The van der Waals surface area contributed by atoms with E-state index < -0.39 is 8.56 Å². The van der Waals surface area contributed by atoms with E-state index in [1.165, 1.54) is 0 Å². The number of esters is 1. The molecule has 1 unspecified atom stereocenters. The summed E-state index contributed by atoms with van der Waals surface area (Å²) in [5.41, 5.74) is 0.154. The third-order valence-corrected chi connectivity index (χ3v) is 6.63. The van der Waals surface area contributed by atoms with Gasteiger partial charge in [0.1, 0.15) is 0 Å². The molecule has 0 bridgehead atoms. The lowest BCUT2D eigenvalue weighted by atomic mass is 10.2. The van der Waals surface area contributed by atoms with Crippen LogP contribution >= 0.6 is 0 Å². The standard InChI is InChI=1S/C12H26O4Si/c1-6-11(10-12(13)14-7-2)17(5,15-8-3)16-9-4/h11H,6-10H2,1-5H3. The quantitative estimate of drug-likeness (QED) is 0.473. The summed E-state index contributed by atoms with van der Waals surface area (Å²) in [7, 11) is -2.27. The summed E-state index contributed by atoms with van der Waals surface area (Å²) in [6.07, 6.45) is 1.27. The molecule has 17 heavy (non-hydrogen) atoms. The summed E-state index contributed by atoms with van der Waals surface area (Å²) in [5.74, 6) is -0.155. The molecule has 0 saturated carbocycles. The monoisotopic (exact) mass is 262 g/mol. The van der Waals surface area contributed by atoms with Gasteiger partial charge in [-0.25, -0.2) is 0 Å². The minimum atomic E-state index is -2.27. The summed E-state index contributed by atoms with van der Waals surface area (Å²) >= 11 is 0. The molecule has 0 aromatic heterocycles. The Morgan fingerprint density at radius 3 is 1.94 bits per heavy atom. The zero-order valence-corrected chi connectivity index (χ0v) is 12.7. The van der Waals surface area contributed by atoms with Crippen LogP contribution in [0.1, 0.15) is 40.5 Å². The Bertz CT molecular complexity index is 215. The van der Waals surface area contributed by atoms with Crippen molar-refractivity contribution in [2.75, 3.05) is 19.8 Å². The fourth-order valence-electron chi connectivity index (χ4n) is 1.97. The highest BCUT2D eigenvalue weighted by Gasteiger charge is 2.41. The van der Waals surface area contributed by atoms with Gasteiger partial charge in [0.05, 0.1) is 13.0 Å². The van der Waals surface area contributed by atoms with E-state index in [1.54, 1.807) is 0 Å². The number of rotatable bonds is 9. The SMILES string of the molecule is CCOC(=O)CC(CC)[Si](C)(OCC)OCC. The van der Waals surface area contributed by atoms with Crippen molar-refractivity contribution in [2.45, 2.75) is 52.6 Å². The van der Waals surface area contributed by atoms with Crippen molar-refractivity contribution in [3.8, 4) is 0 Å². The van der Waals surface area contributed by atoms with E-state index in [0.29, 0.717) is 26.2 Å². The van der Waals surface area contributed by atoms with Crippen LogP contribution in [0, 0.1) is 0 Å². The average Bonchev–Trinajstić information content (AvgIpc) is 2.26. The molecule has 1 atom stereocenters. The van der Waals surface area contributed by atoms with Gasteiger partial charge in [-0.3, -0.25) is 4.79 Å². The summed E-state index contributed by atoms with van der Waals surface area (Å²) in [4.78, 5) is 11.6. The van der Waals surface area contributed by atoms with Gasteiger partial charge >= 0.3 is 14.5 Å². The van der Waals surface area contributed by atoms with Crippen LogP contribution in [0.15, 0.2) is 0 Å². The first kappa shape index (κ1) is 16.6. The van der Waals surface area contributed by atoms with Crippen molar-refractivity contribution < 1.29 is 18.4 Å². The summed E-state index contributed by atoms with van der Waals surface area (Å²) in [6, 6.07) is 0. The molecule has 102 valence electrons. The number of hydrogen-bond donors (Lipinski definition) is 0. The number of carbonyl (C=O) groups is 1. The third-order valence-electron chi connectivity index (χ3n) is 2.81. The molecule has 0 spiro atoms. The predicted molar refractivity (Wildman–Crippen MR) is 70.2 cm³/mol. The third kappa shape index (κ3) is 5.65. The van der Waals surface area contributed by atoms with Crippen molar-refractivity contribution in [1.29, 1.82) is 0 Å². The van der Waals surface area contributed by atoms with Crippen molar-refractivity contribution in [3.05, 3.63) is 0 Å². The number of ether oxygens (including phenoxy) is 1. The van der Waals surface area contributed by atoms with E-state index in [1.807, 2.05) is 27.3 Å². The molecular weight excluding hydrogens is 236 g/mol. The first-order valence-corrected chi connectivity index (χ1v) is 8.86. The van der Waals surface area contributed by atoms with Gasteiger partial charge in [-0.1, -0.05) is 13.3 Å². The van der Waals surface area contributed by atoms with Crippen molar-refractivity contribution in [3.63, 3.8) is 0 Å². The molecule has 0 aliphatic rings. The molecule has 0 aromatic rings. The van der Waals surface area contributed by atoms with Gasteiger partial charge in [-0.15, -0.1) is 0 Å². The predicted octanol–water partition coefficient (Wildman–Crippen LogP) is 2.86. The molecular formula is C12H26O4Si. The lowest BCUT2D eigenvalue weighted by Gasteiger charge is -2.32. The summed E-state index contributed by atoms with van der Waals surface area (Å²) in [5, 5.41) is 0. The molecule has 0 rings (SSSR count). The van der Waals surface area contributed by atoms with Gasteiger partial charge in [0, 0.05) is 18.8 Å². The van der Waals surface area contributed by atoms with E-state index in [-0.39, 0.29) is 11.5 Å². The highest BCUT2D eigenvalue weighted by atomic mass is 28.4. The van der Waals surface area contributed by atoms with E-state index in [2.05, 4.69) is 6.92 Å².